The zero-order valence-electron chi connectivity index (χ0n) is 41.0. The van der Waals surface area contributed by atoms with Crippen molar-refractivity contribution in [3.63, 3.8) is 0 Å². The second-order valence-corrected chi connectivity index (χ2v) is 20.3. The fraction of sp³-hybridized carbons (Fsp3) is 0.0137. The second-order valence-electron chi connectivity index (χ2n) is 20.3. The number of rotatable bonds is 6. The molecule has 0 fully saturated rings. The number of anilines is 3. The predicted octanol–water partition coefficient (Wildman–Crippen LogP) is 19.4. The summed E-state index contributed by atoms with van der Waals surface area (Å²) in [5.74, 6) is 0. The van der Waals surface area contributed by atoms with Crippen LogP contribution in [0.25, 0.3) is 104 Å². The molecule has 75 heavy (non-hydrogen) atoms. The summed E-state index contributed by atoms with van der Waals surface area (Å²) in [7, 11) is 0. The van der Waals surface area contributed by atoms with Gasteiger partial charge in [0.25, 0.3) is 0 Å². The number of hydrogen-bond donors (Lipinski definition) is 0. The lowest BCUT2D eigenvalue weighted by Gasteiger charge is -2.33. The number of fused-ring (bicyclic) bond motifs is 18. The van der Waals surface area contributed by atoms with Gasteiger partial charge in [0.2, 0.25) is 0 Å². The molecule has 0 saturated carbocycles. The molecule has 16 rings (SSSR count). The van der Waals surface area contributed by atoms with E-state index in [2.05, 4.69) is 289 Å². The minimum Gasteiger partial charge on any atom is -0.310 e. The van der Waals surface area contributed by atoms with Crippen molar-refractivity contribution in [2.45, 2.75) is 5.41 Å². The highest BCUT2D eigenvalue weighted by Gasteiger charge is 2.52. The van der Waals surface area contributed by atoms with Gasteiger partial charge in [-0.15, -0.1) is 0 Å². The first-order valence-corrected chi connectivity index (χ1v) is 26.1. The Morgan fingerprint density at radius 1 is 0.280 bits per heavy atom. The zero-order chi connectivity index (χ0) is 49.2. The van der Waals surface area contributed by atoms with Gasteiger partial charge in [-0.25, -0.2) is 0 Å². The van der Waals surface area contributed by atoms with Gasteiger partial charge in [-0.05, 0) is 143 Å². The van der Waals surface area contributed by atoms with Crippen LogP contribution in [-0.2, 0) is 5.41 Å². The minimum absolute atomic E-state index is 0.535. The molecule has 2 heteroatoms. The van der Waals surface area contributed by atoms with E-state index in [0.717, 1.165) is 28.3 Å². The molecule has 0 N–H and O–H groups in total. The van der Waals surface area contributed by atoms with E-state index in [1.54, 1.807) is 0 Å². The Hall–Kier alpha value is -9.76. The second kappa shape index (κ2) is 16.1. The van der Waals surface area contributed by atoms with Crippen molar-refractivity contribution in [3.05, 3.63) is 301 Å². The van der Waals surface area contributed by atoms with Crippen LogP contribution in [0.1, 0.15) is 22.3 Å². The Labute approximate surface area is 435 Å². The summed E-state index contributed by atoms with van der Waals surface area (Å²) in [6.07, 6.45) is 0. The monoisotopic (exact) mass is 950 g/mol. The van der Waals surface area contributed by atoms with Crippen LogP contribution in [0, 0.1) is 0 Å². The third-order valence-electron chi connectivity index (χ3n) is 16.6. The summed E-state index contributed by atoms with van der Waals surface area (Å²) in [6.45, 7) is 0. The van der Waals surface area contributed by atoms with Gasteiger partial charge >= 0.3 is 0 Å². The third kappa shape index (κ3) is 6.02. The van der Waals surface area contributed by atoms with Gasteiger partial charge in [-0.1, -0.05) is 224 Å². The molecule has 13 aromatic carbocycles. The van der Waals surface area contributed by atoms with Crippen molar-refractivity contribution >= 4 is 71.2 Å². The lowest BCUT2D eigenvalue weighted by molar-refractivity contribution is 0.794. The number of nitrogens with zero attached hydrogens (tertiary/aromatic N) is 2. The molecule has 0 aliphatic heterocycles. The third-order valence-corrected chi connectivity index (χ3v) is 16.6. The summed E-state index contributed by atoms with van der Waals surface area (Å²) in [4.78, 5) is 2.51. The normalized spacial score (nSPS) is 14.2. The highest BCUT2D eigenvalue weighted by Crippen LogP contribution is 2.64. The largest absolute Gasteiger partial charge is 0.310 e. The predicted molar refractivity (Wildman–Crippen MR) is 315 cm³/mol. The number of benzene rings is 13. The van der Waals surface area contributed by atoms with Crippen molar-refractivity contribution in [2.75, 3.05) is 4.90 Å². The van der Waals surface area contributed by atoms with Crippen molar-refractivity contribution in [2.24, 2.45) is 0 Å². The summed E-state index contributed by atoms with van der Waals surface area (Å²) in [5.41, 5.74) is 21.6. The van der Waals surface area contributed by atoms with Crippen LogP contribution in [0.5, 0.6) is 0 Å². The summed E-state index contributed by atoms with van der Waals surface area (Å²) < 4.78 is 2.46. The van der Waals surface area contributed by atoms with Crippen LogP contribution < -0.4 is 4.90 Å². The Kier molecular flexibility index (Phi) is 8.99. The van der Waals surface area contributed by atoms with E-state index in [0.29, 0.717) is 0 Å². The number of aromatic nitrogens is 1. The van der Waals surface area contributed by atoms with Crippen LogP contribution in [0.4, 0.5) is 17.1 Å². The Morgan fingerprint density at radius 2 is 0.800 bits per heavy atom. The van der Waals surface area contributed by atoms with Gasteiger partial charge in [0.1, 0.15) is 0 Å². The highest BCUT2D eigenvalue weighted by atomic mass is 15.1. The fourth-order valence-electron chi connectivity index (χ4n) is 13.3. The van der Waals surface area contributed by atoms with E-state index in [-0.39, 0.29) is 0 Å². The Morgan fingerprint density at radius 3 is 1.56 bits per heavy atom. The van der Waals surface area contributed by atoms with Crippen molar-refractivity contribution in [1.29, 1.82) is 0 Å². The lowest BCUT2D eigenvalue weighted by atomic mass is 9.70. The SMILES string of the molecule is c1ccc(-c2ccc3c(c2)C2(c4ccccc4-3)c3ccccc3-c3ccc(N(c4ccc(-c5ccc6c7ccc8ccccc8c7n(-c7ccccc7)c6c5)cc4)c4cc5ccccc5c5ccccc45)cc32)cc1. The van der Waals surface area contributed by atoms with Gasteiger partial charge in [0.05, 0.1) is 22.1 Å². The molecule has 2 aliphatic carbocycles. The minimum atomic E-state index is -0.535. The molecule has 0 saturated heterocycles. The quantitative estimate of drug-likeness (QED) is 0.151. The maximum Gasteiger partial charge on any atom is 0.0726 e. The Bertz CT molecular complexity index is 4630. The van der Waals surface area contributed by atoms with E-state index in [9.17, 15) is 0 Å². The molecule has 0 radical (unpaired) electrons. The average molecular weight is 951 g/mol. The maximum atomic E-state index is 2.52. The molecule has 14 aromatic rings. The molecule has 0 bridgehead atoms. The van der Waals surface area contributed by atoms with Gasteiger partial charge in [0.15, 0.2) is 0 Å². The summed E-state index contributed by atoms with van der Waals surface area (Å²) >= 11 is 0. The van der Waals surface area contributed by atoms with Crippen LogP contribution in [-0.4, -0.2) is 4.57 Å². The lowest BCUT2D eigenvalue weighted by Crippen LogP contribution is -2.26. The molecule has 0 amide bonds. The van der Waals surface area contributed by atoms with E-state index in [4.69, 9.17) is 0 Å². The molecule has 1 aromatic heterocycles. The number of hydrogen-bond acceptors (Lipinski definition) is 1. The van der Waals surface area contributed by atoms with Crippen LogP contribution in [0.2, 0.25) is 0 Å². The number of para-hydroxylation sites is 1. The van der Waals surface area contributed by atoms with Gasteiger partial charge in [-0.3, -0.25) is 0 Å². The topological polar surface area (TPSA) is 8.17 Å². The molecule has 1 spiro atoms. The van der Waals surface area contributed by atoms with Crippen molar-refractivity contribution in [3.8, 4) is 50.2 Å². The molecular formula is C73H46N2. The molecule has 2 nitrogen and oxygen atoms in total. The first-order valence-electron chi connectivity index (χ1n) is 26.1. The van der Waals surface area contributed by atoms with Crippen LogP contribution in [0.3, 0.4) is 0 Å². The van der Waals surface area contributed by atoms with E-state index < -0.39 is 5.41 Å². The molecular weight excluding hydrogens is 905 g/mol. The maximum absolute atomic E-state index is 2.52. The molecule has 1 heterocycles. The smallest absolute Gasteiger partial charge is 0.0726 e. The van der Waals surface area contributed by atoms with E-state index in [1.807, 2.05) is 0 Å². The fourth-order valence-corrected chi connectivity index (χ4v) is 13.3. The average Bonchev–Trinajstić information content (AvgIpc) is 4.11. The van der Waals surface area contributed by atoms with Gasteiger partial charge < -0.3 is 9.47 Å². The molecule has 1 atom stereocenters. The highest BCUT2D eigenvalue weighted by molar-refractivity contribution is 6.19. The van der Waals surface area contributed by atoms with Gasteiger partial charge in [0, 0.05) is 38.6 Å². The molecule has 1 unspecified atom stereocenters. The summed E-state index contributed by atoms with van der Waals surface area (Å²) in [6, 6.07) is 104. The van der Waals surface area contributed by atoms with Crippen molar-refractivity contribution < 1.29 is 0 Å². The standard InChI is InChI=1S/C73H46N2/c1-3-17-47(18-4-1)50-34-39-61-59-26-13-15-29-66(59)73(68(61)43-50)67-30-16-14-27-60(67)62-42-38-55(46-69(62)73)74(70-45-52-20-8-9-23-56(52)58-25-11-12-28-63(58)70)54-36-31-48(32-37-54)51-35-40-64-65-41-33-49-19-7-10-24-57(49)72(65)75(71(64)44-51)53-21-5-2-6-22-53/h1-46H. The van der Waals surface area contributed by atoms with Crippen LogP contribution >= 0.6 is 0 Å². The zero-order valence-corrected chi connectivity index (χ0v) is 41.0. The van der Waals surface area contributed by atoms with E-state index in [1.165, 1.54) is 115 Å². The van der Waals surface area contributed by atoms with E-state index >= 15 is 0 Å². The molecule has 348 valence electrons. The van der Waals surface area contributed by atoms with Crippen LogP contribution in [0.15, 0.2) is 279 Å². The first kappa shape index (κ1) is 41.8. The Balaban J connectivity index is 0.913. The van der Waals surface area contributed by atoms with Gasteiger partial charge in [-0.2, -0.15) is 0 Å². The first-order chi connectivity index (χ1) is 37.2. The summed E-state index contributed by atoms with van der Waals surface area (Å²) in [5, 5.41) is 9.89. The molecule has 2 aliphatic rings. The van der Waals surface area contributed by atoms with Crippen molar-refractivity contribution in [1.82, 2.24) is 4.57 Å².